The largest absolute Gasteiger partial charge is 0.409 e. The molecule has 1 fully saturated rings. The van der Waals surface area contributed by atoms with E-state index < -0.39 is 0 Å². The summed E-state index contributed by atoms with van der Waals surface area (Å²) in [6, 6.07) is 0. The van der Waals surface area contributed by atoms with E-state index in [2.05, 4.69) is 29.1 Å². The number of oxime groups is 1. The van der Waals surface area contributed by atoms with Gasteiger partial charge in [-0.15, -0.1) is 0 Å². The summed E-state index contributed by atoms with van der Waals surface area (Å²) in [5, 5.41) is 11.5. The molecule has 0 amide bonds. The molecule has 5 nitrogen and oxygen atoms in total. The van der Waals surface area contributed by atoms with Crippen molar-refractivity contribution >= 4 is 5.84 Å². The minimum Gasteiger partial charge on any atom is -0.409 e. The molecule has 0 atom stereocenters. The van der Waals surface area contributed by atoms with E-state index in [4.69, 9.17) is 10.9 Å². The van der Waals surface area contributed by atoms with Crippen LogP contribution >= 0.6 is 0 Å². The fourth-order valence-corrected chi connectivity index (χ4v) is 2.20. The van der Waals surface area contributed by atoms with Crippen LogP contribution < -0.4 is 5.73 Å². The van der Waals surface area contributed by atoms with Gasteiger partial charge in [0.05, 0.1) is 6.54 Å². The highest BCUT2D eigenvalue weighted by molar-refractivity contribution is 5.81. The Bertz CT molecular complexity index is 236. The van der Waals surface area contributed by atoms with Gasteiger partial charge in [-0.2, -0.15) is 0 Å². The van der Waals surface area contributed by atoms with Crippen LogP contribution in [0.4, 0.5) is 0 Å². The molecule has 88 valence electrons. The molecule has 3 N–H and O–H groups in total. The van der Waals surface area contributed by atoms with Gasteiger partial charge in [-0.3, -0.25) is 4.90 Å². The van der Waals surface area contributed by atoms with E-state index in [-0.39, 0.29) is 5.84 Å². The first-order valence-electron chi connectivity index (χ1n) is 5.32. The fraction of sp³-hybridized carbons (Fsp3) is 0.900. The van der Waals surface area contributed by atoms with Crippen LogP contribution in [-0.2, 0) is 0 Å². The van der Waals surface area contributed by atoms with Crippen molar-refractivity contribution in [1.29, 1.82) is 0 Å². The van der Waals surface area contributed by atoms with Crippen LogP contribution in [0.5, 0.6) is 0 Å². The van der Waals surface area contributed by atoms with Gasteiger partial charge in [-0.1, -0.05) is 5.16 Å². The highest BCUT2D eigenvalue weighted by atomic mass is 16.4. The van der Waals surface area contributed by atoms with Crippen molar-refractivity contribution < 1.29 is 5.21 Å². The number of likely N-dealkylation sites (N-methyl/N-ethyl adjacent to an activating group) is 2. The molecule has 0 unspecified atom stereocenters. The SMILES string of the molecule is CN(CC(N)=NO)CC1(N(C)C)CCC1. The number of amidine groups is 1. The Balaban J connectivity index is 2.45. The van der Waals surface area contributed by atoms with Crippen LogP contribution in [0.15, 0.2) is 5.16 Å². The molecule has 0 bridgehead atoms. The molecule has 1 aliphatic carbocycles. The van der Waals surface area contributed by atoms with Gasteiger partial charge in [0.15, 0.2) is 5.84 Å². The Morgan fingerprint density at radius 2 is 2.00 bits per heavy atom. The number of hydrogen-bond acceptors (Lipinski definition) is 4. The third-order valence-electron chi connectivity index (χ3n) is 3.36. The summed E-state index contributed by atoms with van der Waals surface area (Å²) in [6.45, 7) is 1.49. The molecule has 0 heterocycles. The molecule has 1 rings (SSSR count). The number of nitrogens with two attached hydrogens (primary N) is 1. The first-order chi connectivity index (χ1) is 7.00. The summed E-state index contributed by atoms with van der Waals surface area (Å²) in [7, 11) is 6.24. The van der Waals surface area contributed by atoms with E-state index in [1.165, 1.54) is 19.3 Å². The van der Waals surface area contributed by atoms with Crippen molar-refractivity contribution in [2.45, 2.75) is 24.8 Å². The standard InChI is InChI=1S/C10H22N4O/c1-13(2)10(5-4-6-10)8-14(3)7-9(11)12-15/h15H,4-8H2,1-3H3,(H2,11,12). The van der Waals surface area contributed by atoms with Crippen LogP contribution in [0, 0.1) is 0 Å². The van der Waals surface area contributed by atoms with Crippen molar-refractivity contribution in [3.8, 4) is 0 Å². The lowest BCUT2D eigenvalue weighted by Gasteiger charge is -2.49. The van der Waals surface area contributed by atoms with Crippen LogP contribution in [0.25, 0.3) is 0 Å². The highest BCUT2D eigenvalue weighted by Crippen LogP contribution is 2.36. The average molecular weight is 214 g/mol. The quantitative estimate of drug-likeness (QED) is 0.296. The molecule has 0 saturated heterocycles. The molecule has 0 aliphatic heterocycles. The second-order valence-electron chi connectivity index (χ2n) is 4.74. The normalized spacial score (nSPS) is 20.7. The number of rotatable bonds is 5. The third-order valence-corrected chi connectivity index (χ3v) is 3.36. The van der Waals surface area contributed by atoms with Gasteiger partial charge in [-0.05, 0) is 40.4 Å². The zero-order valence-electron chi connectivity index (χ0n) is 9.90. The van der Waals surface area contributed by atoms with Crippen molar-refractivity contribution in [2.24, 2.45) is 10.9 Å². The van der Waals surface area contributed by atoms with E-state index in [0.717, 1.165) is 6.54 Å². The maximum absolute atomic E-state index is 8.49. The maximum Gasteiger partial charge on any atom is 0.153 e. The summed E-state index contributed by atoms with van der Waals surface area (Å²) >= 11 is 0. The fourth-order valence-electron chi connectivity index (χ4n) is 2.20. The van der Waals surface area contributed by atoms with Crippen molar-refractivity contribution in [2.75, 3.05) is 34.2 Å². The number of hydrogen-bond donors (Lipinski definition) is 2. The maximum atomic E-state index is 8.49. The van der Waals surface area contributed by atoms with Crippen molar-refractivity contribution in [1.82, 2.24) is 9.80 Å². The monoisotopic (exact) mass is 214 g/mol. The van der Waals surface area contributed by atoms with Crippen molar-refractivity contribution in [3.63, 3.8) is 0 Å². The van der Waals surface area contributed by atoms with Gasteiger partial charge in [0.1, 0.15) is 0 Å². The summed E-state index contributed by atoms with van der Waals surface area (Å²) in [4.78, 5) is 4.40. The Labute approximate surface area is 91.5 Å². The second-order valence-corrected chi connectivity index (χ2v) is 4.74. The molecule has 1 saturated carbocycles. The molecular formula is C10H22N4O. The molecule has 0 spiro atoms. The molecule has 5 heteroatoms. The van der Waals surface area contributed by atoms with Crippen molar-refractivity contribution in [3.05, 3.63) is 0 Å². The molecule has 0 aromatic carbocycles. The van der Waals surface area contributed by atoms with Gasteiger partial charge < -0.3 is 15.8 Å². The molecule has 0 radical (unpaired) electrons. The first kappa shape index (κ1) is 12.3. The smallest absolute Gasteiger partial charge is 0.153 e. The van der Waals surface area contributed by atoms with Gasteiger partial charge in [-0.25, -0.2) is 0 Å². The van der Waals surface area contributed by atoms with Gasteiger partial charge >= 0.3 is 0 Å². The molecule has 15 heavy (non-hydrogen) atoms. The van der Waals surface area contributed by atoms with E-state index in [1.54, 1.807) is 0 Å². The average Bonchev–Trinajstić information content (AvgIpc) is 2.10. The van der Waals surface area contributed by atoms with Crippen LogP contribution in [0.3, 0.4) is 0 Å². The predicted molar refractivity (Wildman–Crippen MR) is 61.2 cm³/mol. The molecule has 1 aliphatic rings. The lowest BCUT2D eigenvalue weighted by Crippen LogP contribution is -2.57. The summed E-state index contributed by atoms with van der Waals surface area (Å²) in [6.07, 6.45) is 3.77. The highest BCUT2D eigenvalue weighted by Gasteiger charge is 2.39. The molecular weight excluding hydrogens is 192 g/mol. The Kier molecular flexibility index (Phi) is 3.93. The number of nitrogens with zero attached hydrogens (tertiary/aromatic N) is 3. The Hall–Kier alpha value is -0.810. The Morgan fingerprint density at radius 3 is 2.33 bits per heavy atom. The topological polar surface area (TPSA) is 65.1 Å². The van der Waals surface area contributed by atoms with Gasteiger partial charge in [0.25, 0.3) is 0 Å². The Morgan fingerprint density at radius 1 is 1.40 bits per heavy atom. The molecule has 0 aromatic rings. The van der Waals surface area contributed by atoms with E-state index in [0.29, 0.717) is 12.1 Å². The van der Waals surface area contributed by atoms with Gasteiger partial charge in [0.2, 0.25) is 0 Å². The van der Waals surface area contributed by atoms with Gasteiger partial charge in [0, 0.05) is 12.1 Å². The minimum absolute atomic E-state index is 0.269. The lowest BCUT2D eigenvalue weighted by atomic mass is 9.75. The zero-order valence-corrected chi connectivity index (χ0v) is 9.90. The third kappa shape index (κ3) is 2.82. The first-order valence-corrected chi connectivity index (χ1v) is 5.32. The van der Waals surface area contributed by atoms with Crippen LogP contribution in [-0.4, -0.2) is 60.6 Å². The second kappa shape index (κ2) is 4.81. The molecule has 0 aromatic heterocycles. The summed E-state index contributed by atoms with van der Waals surface area (Å²) < 4.78 is 0. The van der Waals surface area contributed by atoms with E-state index >= 15 is 0 Å². The zero-order chi connectivity index (χ0) is 11.5. The van der Waals surface area contributed by atoms with Crippen LogP contribution in [0.1, 0.15) is 19.3 Å². The summed E-state index contributed by atoms with van der Waals surface area (Å²) in [5.41, 5.74) is 5.77. The van der Waals surface area contributed by atoms with E-state index in [9.17, 15) is 0 Å². The predicted octanol–water partition coefficient (Wildman–Crippen LogP) is 0.149. The lowest BCUT2D eigenvalue weighted by molar-refractivity contribution is 0.0315. The minimum atomic E-state index is 0.269. The van der Waals surface area contributed by atoms with Crippen LogP contribution in [0.2, 0.25) is 0 Å². The van der Waals surface area contributed by atoms with E-state index in [1.807, 2.05) is 7.05 Å². The summed E-state index contributed by atoms with van der Waals surface area (Å²) in [5.74, 6) is 0.269.